The summed E-state index contributed by atoms with van der Waals surface area (Å²) in [5.41, 5.74) is 5.85. The number of nitrogen functional groups attached to an aromatic ring is 1. The Kier molecular flexibility index (Phi) is 3.54. The Morgan fingerprint density at radius 2 is 1.94 bits per heavy atom. The summed E-state index contributed by atoms with van der Waals surface area (Å²) in [7, 11) is 1.61. The van der Waals surface area contributed by atoms with Crippen molar-refractivity contribution in [3.05, 3.63) is 48.3 Å². The van der Waals surface area contributed by atoms with Gasteiger partial charge in [0.25, 0.3) is 0 Å². The van der Waals surface area contributed by atoms with E-state index in [-0.39, 0.29) is 5.69 Å². The Labute approximate surface area is 104 Å². The number of methoxy groups -OCH3 is 1. The average Bonchev–Trinajstić information content (AvgIpc) is 2.35. The Morgan fingerprint density at radius 1 is 1.18 bits per heavy atom. The monoisotopic (exact) mass is 249 g/mol. The molecule has 0 radical (unpaired) electrons. The van der Waals surface area contributed by atoms with E-state index in [2.05, 4.69) is 0 Å². The molecule has 2 nitrogen and oxygen atoms in total. The molecular formula is C13H12FNOS. The van der Waals surface area contributed by atoms with Crippen molar-refractivity contribution < 1.29 is 9.13 Å². The largest absolute Gasteiger partial charge is 0.497 e. The number of nitrogens with two attached hydrogens (primary N) is 1. The van der Waals surface area contributed by atoms with Crippen LogP contribution in [-0.2, 0) is 0 Å². The van der Waals surface area contributed by atoms with Gasteiger partial charge in [0.1, 0.15) is 11.6 Å². The molecule has 2 aromatic carbocycles. The van der Waals surface area contributed by atoms with Crippen LogP contribution in [0.2, 0.25) is 0 Å². The molecular weight excluding hydrogens is 237 g/mol. The van der Waals surface area contributed by atoms with Crippen molar-refractivity contribution in [2.45, 2.75) is 9.79 Å². The van der Waals surface area contributed by atoms with Crippen LogP contribution in [0.25, 0.3) is 0 Å². The predicted molar refractivity (Wildman–Crippen MR) is 67.9 cm³/mol. The van der Waals surface area contributed by atoms with Gasteiger partial charge < -0.3 is 10.5 Å². The second-order valence-electron chi connectivity index (χ2n) is 3.43. The minimum absolute atomic E-state index is 0.181. The van der Waals surface area contributed by atoms with E-state index in [1.165, 1.54) is 17.8 Å². The third-order valence-corrected chi connectivity index (χ3v) is 3.35. The molecule has 4 heteroatoms. The summed E-state index contributed by atoms with van der Waals surface area (Å²) in [6.45, 7) is 0. The summed E-state index contributed by atoms with van der Waals surface area (Å²) in [6.07, 6.45) is 0. The zero-order chi connectivity index (χ0) is 12.3. The lowest BCUT2D eigenvalue weighted by atomic mass is 10.3. The highest BCUT2D eigenvalue weighted by atomic mass is 32.2. The SMILES string of the molecule is COc1cccc(Sc2cccc(F)c2N)c1. The van der Waals surface area contributed by atoms with Crippen LogP contribution < -0.4 is 10.5 Å². The highest BCUT2D eigenvalue weighted by molar-refractivity contribution is 7.99. The third kappa shape index (κ3) is 2.71. The van der Waals surface area contributed by atoms with Crippen LogP contribution in [0, 0.1) is 5.82 Å². The van der Waals surface area contributed by atoms with Gasteiger partial charge in [-0.25, -0.2) is 4.39 Å². The molecule has 2 N–H and O–H groups in total. The summed E-state index contributed by atoms with van der Waals surface area (Å²) in [5, 5.41) is 0. The van der Waals surface area contributed by atoms with E-state index in [0.29, 0.717) is 4.90 Å². The van der Waals surface area contributed by atoms with E-state index in [0.717, 1.165) is 10.6 Å². The van der Waals surface area contributed by atoms with Gasteiger partial charge in [-0.2, -0.15) is 0 Å². The average molecular weight is 249 g/mol. The topological polar surface area (TPSA) is 35.2 Å². The lowest BCUT2D eigenvalue weighted by Crippen LogP contribution is -1.92. The molecule has 0 spiro atoms. The smallest absolute Gasteiger partial charge is 0.147 e. The van der Waals surface area contributed by atoms with E-state index in [9.17, 15) is 4.39 Å². The number of hydrogen-bond acceptors (Lipinski definition) is 3. The second-order valence-corrected chi connectivity index (χ2v) is 4.55. The summed E-state index contributed by atoms with van der Waals surface area (Å²) in [6, 6.07) is 12.4. The van der Waals surface area contributed by atoms with Crippen molar-refractivity contribution in [1.82, 2.24) is 0 Å². The zero-order valence-corrected chi connectivity index (χ0v) is 10.1. The normalized spacial score (nSPS) is 10.2. The molecule has 17 heavy (non-hydrogen) atoms. The van der Waals surface area contributed by atoms with Crippen LogP contribution >= 0.6 is 11.8 Å². The molecule has 2 rings (SSSR count). The first-order valence-corrected chi connectivity index (χ1v) is 5.88. The highest BCUT2D eigenvalue weighted by Crippen LogP contribution is 2.34. The lowest BCUT2D eigenvalue weighted by Gasteiger charge is -2.07. The standard InChI is InChI=1S/C13H12FNOS/c1-16-9-4-2-5-10(8-9)17-12-7-3-6-11(14)13(12)15/h2-8H,15H2,1H3. The maximum atomic E-state index is 13.3. The minimum atomic E-state index is -0.391. The molecule has 0 bridgehead atoms. The fourth-order valence-electron chi connectivity index (χ4n) is 1.40. The molecule has 0 aliphatic rings. The quantitative estimate of drug-likeness (QED) is 0.845. The number of benzene rings is 2. The van der Waals surface area contributed by atoms with E-state index >= 15 is 0 Å². The summed E-state index contributed by atoms with van der Waals surface area (Å²) in [5.74, 6) is 0.378. The van der Waals surface area contributed by atoms with Crippen LogP contribution in [0.1, 0.15) is 0 Å². The first-order valence-electron chi connectivity index (χ1n) is 5.06. The first-order chi connectivity index (χ1) is 8.20. The van der Waals surface area contributed by atoms with Crippen molar-refractivity contribution in [3.63, 3.8) is 0 Å². The van der Waals surface area contributed by atoms with Crippen LogP contribution in [0.3, 0.4) is 0 Å². The molecule has 0 amide bonds. The van der Waals surface area contributed by atoms with Gasteiger partial charge >= 0.3 is 0 Å². The van der Waals surface area contributed by atoms with Crippen molar-refractivity contribution in [1.29, 1.82) is 0 Å². The number of hydrogen-bond donors (Lipinski definition) is 1. The lowest BCUT2D eigenvalue weighted by molar-refractivity contribution is 0.413. The van der Waals surface area contributed by atoms with Crippen molar-refractivity contribution in [2.75, 3.05) is 12.8 Å². The molecule has 0 atom stereocenters. The summed E-state index contributed by atoms with van der Waals surface area (Å²) < 4.78 is 18.4. The van der Waals surface area contributed by atoms with E-state index in [1.54, 1.807) is 19.2 Å². The highest BCUT2D eigenvalue weighted by Gasteiger charge is 2.06. The van der Waals surface area contributed by atoms with Gasteiger partial charge in [0.05, 0.1) is 12.8 Å². The summed E-state index contributed by atoms with van der Waals surface area (Å²) in [4.78, 5) is 1.67. The van der Waals surface area contributed by atoms with Gasteiger partial charge in [-0.1, -0.05) is 23.9 Å². The van der Waals surface area contributed by atoms with Gasteiger partial charge in [-0.15, -0.1) is 0 Å². The maximum absolute atomic E-state index is 13.3. The molecule has 0 aliphatic carbocycles. The minimum Gasteiger partial charge on any atom is -0.497 e. The third-order valence-electron chi connectivity index (χ3n) is 2.28. The van der Waals surface area contributed by atoms with Gasteiger partial charge in [0.15, 0.2) is 0 Å². The van der Waals surface area contributed by atoms with Crippen LogP contribution in [0.4, 0.5) is 10.1 Å². The number of para-hydroxylation sites is 1. The Bertz CT molecular complexity index is 531. The molecule has 0 aliphatic heterocycles. The van der Waals surface area contributed by atoms with Crippen LogP contribution in [0.5, 0.6) is 5.75 Å². The molecule has 0 fully saturated rings. The number of ether oxygens (including phenoxy) is 1. The molecule has 0 saturated carbocycles. The van der Waals surface area contributed by atoms with Crippen LogP contribution in [0.15, 0.2) is 52.3 Å². The molecule has 88 valence electrons. The van der Waals surface area contributed by atoms with E-state index < -0.39 is 5.82 Å². The fraction of sp³-hybridized carbons (Fsp3) is 0.0769. The molecule has 0 aromatic heterocycles. The molecule has 2 aromatic rings. The van der Waals surface area contributed by atoms with Crippen molar-refractivity contribution >= 4 is 17.4 Å². The Balaban J connectivity index is 2.28. The van der Waals surface area contributed by atoms with Gasteiger partial charge in [0.2, 0.25) is 0 Å². The molecule has 0 saturated heterocycles. The maximum Gasteiger partial charge on any atom is 0.147 e. The van der Waals surface area contributed by atoms with Crippen molar-refractivity contribution in [2.24, 2.45) is 0 Å². The summed E-state index contributed by atoms with van der Waals surface area (Å²) >= 11 is 1.41. The molecule has 0 heterocycles. The first kappa shape index (κ1) is 11.8. The number of rotatable bonds is 3. The van der Waals surface area contributed by atoms with Gasteiger partial charge in [-0.05, 0) is 30.3 Å². The van der Waals surface area contributed by atoms with Gasteiger partial charge in [-0.3, -0.25) is 0 Å². The van der Waals surface area contributed by atoms with E-state index in [4.69, 9.17) is 10.5 Å². The molecule has 0 unspecified atom stereocenters. The van der Waals surface area contributed by atoms with E-state index in [1.807, 2.05) is 24.3 Å². The Morgan fingerprint density at radius 3 is 2.71 bits per heavy atom. The number of halogens is 1. The van der Waals surface area contributed by atoms with Crippen LogP contribution in [-0.4, -0.2) is 7.11 Å². The zero-order valence-electron chi connectivity index (χ0n) is 9.31. The Hall–Kier alpha value is -1.68. The second kappa shape index (κ2) is 5.10. The van der Waals surface area contributed by atoms with Crippen molar-refractivity contribution in [3.8, 4) is 5.75 Å². The van der Waals surface area contributed by atoms with Gasteiger partial charge in [0, 0.05) is 9.79 Å². The predicted octanol–water partition coefficient (Wildman–Crippen LogP) is 3.57. The fourth-order valence-corrected chi connectivity index (χ4v) is 2.33. The number of anilines is 1.